The molecule has 3 rings (SSSR count). The van der Waals surface area contributed by atoms with Crippen LogP contribution in [0.1, 0.15) is 37.2 Å². The van der Waals surface area contributed by atoms with Gasteiger partial charge in [0.25, 0.3) is 0 Å². The first-order valence-corrected chi connectivity index (χ1v) is 7.98. The third-order valence-corrected chi connectivity index (χ3v) is 5.86. The molecule has 0 heterocycles. The molecule has 0 unspecified atom stereocenters. The van der Waals surface area contributed by atoms with Crippen molar-refractivity contribution in [3.8, 4) is 0 Å². The molecule has 3 heteroatoms. The Balaban J connectivity index is 1.47. The van der Waals surface area contributed by atoms with E-state index in [0.29, 0.717) is 16.7 Å². The van der Waals surface area contributed by atoms with Gasteiger partial charge in [0, 0.05) is 17.3 Å². The highest BCUT2D eigenvalue weighted by molar-refractivity contribution is 8.00. The van der Waals surface area contributed by atoms with Crippen molar-refractivity contribution in [3.63, 3.8) is 0 Å². The van der Waals surface area contributed by atoms with Crippen LogP contribution in [0.25, 0.3) is 0 Å². The summed E-state index contributed by atoms with van der Waals surface area (Å²) < 4.78 is 14.1. The van der Waals surface area contributed by atoms with Crippen molar-refractivity contribution in [2.24, 2.45) is 0 Å². The van der Waals surface area contributed by atoms with Crippen LogP contribution < -0.4 is 5.32 Å². The fourth-order valence-electron chi connectivity index (χ4n) is 2.77. The minimum atomic E-state index is -0.0382. The van der Waals surface area contributed by atoms with Gasteiger partial charge in [-0.15, -0.1) is 0 Å². The van der Waals surface area contributed by atoms with E-state index in [4.69, 9.17) is 0 Å². The molecule has 1 nitrogen and oxygen atoms in total. The molecule has 98 valence electrons. The zero-order chi connectivity index (χ0) is 12.6. The average Bonchev–Trinajstić information content (AvgIpc) is 3.10. The van der Waals surface area contributed by atoms with Gasteiger partial charge in [0.05, 0.1) is 0 Å². The van der Waals surface area contributed by atoms with E-state index in [9.17, 15) is 4.39 Å². The Morgan fingerprint density at radius 2 is 2.06 bits per heavy atom. The number of halogens is 1. The quantitative estimate of drug-likeness (QED) is 0.873. The monoisotopic (exact) mass is 265 g/mol. The molecule has 1 aromatic carbocycles. The fraction of sp³-hybridized carbons (Fsp3) is 0.600. The number of benzene rings is 1. The summed E-state index contributed by atoms with van der Waals surface area (Å²) in [5.74, 6) is 0.386. The second-order valence-electron chi connectivity index (χ2n) is 5.65. The largest absolute Gasteiger partial charge is 0.313 e. The van der Waals surface area contributed by atoms with Crippen LogP contribution in [0.3, 0.4) is 0 Å². The Kier molecular flexibility index (Phi) is 3.37. The van der Waals surface area contributed by atoms with E-state index in [1.807, 2.05) is 23.9 Å². The molecule has 1 N–H and O–H groups in total. The Labute approximate surface area is 113 Å². The Morgan fingerprint density at radius 1 is 1.33 bits per heavy atom. The van der Waals surface area contributed by atoms with Crippen LogP contribution in [0, 0.1) is 5.82 Å². The number of thioether (sulfide) groups is 1. The fourth-order valence-corrected chi connectivity index (χ4v) is 3.51. The highest BCUT2D eigenvalue weighted by Gasteiger charge is 2.43. The molecule has 2 fully saturated rings. The highest BCUT2D eigenvalue weighted by atomic mass is 32.2. The van der Waals surface area contributed by atoms with E-state index >= 15 is 0 Å². The van der Waals surface area contributed by atoms with Gasteiger partial charge in [-0.1, -0.05) is 18.2 Å². The maximum Gasteiger partial charge on any atom is 0.126 e. The van der Waals surface area contributed by atoms with E-state index < -0.39 is 0 Å². The van der Waals surface area contributed by atoms with E-state index in [2.05, 4.69) is 11.6 Å². The van der Waals surface area contributed by atoms with Gasteiger partial charge in [0.1, 0.15) is 5.82 Å². The third kappa shape index (κ3) is 2.43. The van der Waals surface area contributed by atoms with Crippen LogP contribution in [0.4, 0.5) is 4.39 Å². The predicted molar refractivity (Wildman–Crippen MR) is 75.6 cm³/mol. The smallest absolute Gasteiger partial charge is 0.126 e. The first kappa shape index (κ1) is 12.5. The minimum absolute atomic E-state index is 0.0382. The second kappa shape index (κ2) is 4.86. The van der Waals surface area contributed by atoms with E-state index in [0.717, 1.165) is 24.9 Å². The Bertz CT molecular complexity index is 424. The molecule has 0 bridgehead atoms. The van der Waals surface area contributed by atoms with Crippen LogP contribution in [0.2, 0.25) is 0 Å². The lowest BCUT2D eigenvalue weighted by molar-refractivity contribution is 0.285. The molecule has 0 aromatic heterocycles. The molecular weight excluding hydrogens is 245 g/mol. The zero-order valence-corrected chi connectivity index (χ0v) is 11.6. The van der Waals surface area contributed by atoms with Crippen LogP contribution in [-0.2, 0) is 0 Å². The first-order chi connectivity index (χ1) is 8.72. The Hall–Kier alpha value is -0.540. The minimum Gasteiger partial charge on any atom is -0.313 e. The van der Waals surface area contributed by atoms with Crippen LogP contribution in [-0.4, -0.2) is 23.6 Å². The molecular formula is C15H20FNS. The molecule has 0 saturated heterocycles. The van der Waals surface area contributed by atoms with Gasteiger partial charge in [-0.05, 0) is 49.5 Å². The molecule has 18 heavy (non-hydrogen) atoms. The summed E-state index contributed by atoms with van der Waals surface area (Å²) >= 11 is 1.99. The van der Waals surface area contributed by atoms with Gasteiger partial charge in [0.15, 0.2) is 0 Å². The van der Waals surface area contributed by atoms with Gasteiger partial charge >= 0.3 is 0 Å². The van der Waals surface area contributed by atoms with Crippen molar-refractivity contribution in [2.75, 3.05) is 12.8 Å². The highest BCUT2D eigenvalue weighted by Crippen LogP contribution is 2.47. The first-order valence-electron chi connectivity index (χ1n) is 6.75. The zero-order valence-electron chi connectivity index (χ0n) is 10.8. The van der Waals surface area contributed by atoms with E-state index in [1.54, 1.807) is 12.1 Å². The molecule has 2 aliphatic rings. The van der Waals surface area contributed by atoms with Crippen molar-refractivity contribution in [1.29, 1.82) is 0 Å². The number of hydrogen-bond donors (Lipinski definition) is 1. The molecule has 0 aliphatic heterocycles. The summed E-state index contributed by atoms with van der Waals surface area (Å²) in [6.07, 6.45) is 7.09. The average molecular weight is 265 g/mol. The summed E-state index contributed by atoms with van der Waals surface area (Å²) in [6, 6.07) is 7.80. The van der Waals surface area contributed by atoms with E-state index in [-0.39, 0.29) is 5.82 Å². The lowest BCUT2D eigenvalue weighted by Gasteiger charge is -2.37. The molecule has 0 amide bonds. The van der Waals surface area contributed by atoms with Gasteiger partial charge < -0.3 is 5.32 Å². The number of rotatable bonds is 5. The van der Waals surface area contributed by atoms with Crippen molar-refractivity contribution >= 4 is 11.8 Å². The lowest BCUT2D eigenvalue weighted by Crippen LogP contribution is -2.43. The molecule has 0 spiro atoms. The number of hydrogen-bond acceptors (Lipinski definition) is 2. The van der Waals surface area contributed by atoms with E-state index in [1.165, 1.54) is 12.8 Å². The van der Waals surface area contributed by atoms with Crippen molar-refractivity contribution in [1.82, 2.24) is 5.32 Å². The van der Waals surface area contributed by atoms with Gasteiger partial charge in [-0.25, -0.2) is 4.39 Å². The van der Waals surface area contributed by atoms with Crippen LogP contribution in [0.15, 0.2) is 24.3 Å². The molecule has 2 aliphatic carbocycles. The Morgan fingerprint density at radius 3 is 2.67 bits per heavy atom. The second-order valence-corrected chi connectivity index (χ2v) is 6.93. The lowest BCUT2D eigenvalue weighted by atomic mass is 9.75. The van der Waals surface area contributed by atoms with Crippen molar-refractivity contribution < 1.29 is 4.39 Å². The summed E-state index contributed by atoms with van der Waals surface area (Å²) in [6.45, 7) is 1.13. The molecule has 0 atom stereocenters. The standard InChI is InChI=1S/C15H20FNS/c1-18-15(6-7-15)10-17-12-8-11(9-12)13-4-2-3-5-14(13)16/h2-5,11-12,17H,6-10H2,1H3. The summed E-state index contributed by atoms with van der Waals surface area (Å²) in [5, 5.41) is 3.65. The normalized spacial score (nSPS) is 28.8. The SMILES string of the molecule is CSC1(CNC2CC(c3ccccc3F)C2)CC1. The van der Waals surface area contributed by atoms with Crippen LogP contribution in [0.5, 0.6) is 0 Å². The maximum absolute atomic E-state index is 13.6. The summed E-state index contributed by atoms with van der Waals surface area (Å²) in [4.78, 5) is 0. The maximum atomic E-state index is 13.6. The summed E-state index contributed by atoms with van der Waals surface area (Å²) in [7, 11) is 0. The van der Waals surface area contributed by atoms with Crippen molar-refractivity contribution in [3.05, 3.63) is 35.6 Å². The van der Waals surface area contributed by atoms with Gasteiger partial charge in [-0.2, -0.15) is 11.8 Å². The van der Waals surface area contributed by atoms with Gasteiger partial charge in [0.2, 0.25) is 0 Å². The third-order valence-electron chi connectivity index (χ3n) is 4.44. The topological polar surface area (TPSA) is 12.0 Å². The number of nitrogens with one attached hydrogen (secondary N) is 1. The summed E-state index contributed by atoms with van der Waals surface area (Å²) in [5.41, 5.74) is 0.904. The van der Waals surface area contributed by atoms with Crippen LogP contribution >= 0.6 is 11.8 Å². The molecule has 0 radical (unpaired) electrons. The molecule has 1 aromatic rings. The predicted octanol–water partition coefficient (Wildman–Crippen LogP) is 3.56. The van der Waals surface area contributed by atoms with Crippen molar-refractivity contribution in [2.45, 2.75) is 42.4 Å². The molecule has 2 saturated carbocycles. The van der Waals surface area contributed by atoms with Gasteiger partial charge in [-0.3, -0.25) is 0 Å².